The van der Waals surface area contributed by atoms with E-state index in [9.17, 15) is 13.2 Å². The molecule has 0 aromatic rings. The summed E-state index contributed by atoms with van der Waals surface area (Å²) in [4.78, 5) is 11.3. The second-order valence-corrected chi connectivity index (χ2v) is 6.15. The van der Waals surface area contributed by atoms with Gasteiger partial charge in [0.05, 0.1) is 6.10 Å². The fourth-order valence-electron chi connectivity index (χ4n) is 1.97. The summed E-state index contributed by atoms with van der Waals surface area (Å²) in [6, 6.07) is -0.112. The van der Waals surface area contributed by atoms with Gasteiger partial charge in [0.25, 0.3) is 0 Å². The fourth-order valence-corrected chi connectivity index (χ4v) is 3.29. The Labute approximate surface area is 108 Å². The number of nitrogens with one attached hydrogen (secondary N) is 2. The minimum absolute atomic E-state index is 0.112. The first-order valence-electron chi connectivity index (χ1n) is 6.01. The second kappa shape index (κ2) is 6.35. The lowest BCUT2D eigenvalue weighted by atomic mass is 10.2. The molecule has 8 heteroatoms. The Morgan fingerprint density at radius 1 is 1.50 bits per heavy atom. The molecule has 0 spiro atoms. The zero-order chi connectivity index (χ0) is 13.8. The molecule has 0 aromatic carbocycles. The number of nitrogens with zero attached hydrogens (tertiary/aromatic N) is 1. The molecule has 0 bridgehead atoms. The van der Waals surface area contributed by atoms with Gasteiger partial charge in [-0.15, -0.1) is 0 Å². The van der Waals surface area contributed by atoms with Crippen LogP contribution in [0.15, 0.2) is 0 Å². The SMILES string of the molecule is CNCC1CCCN1S(=O)(=O)NC(=O)OC(C)C. The molecule has 1 fully saturated rings. The number of carbonyl (C=O) groups excluding carboxylic acids is 1. The van der Waals surface area contributed by atoms with Crippen molar-refractivity contribution in [2.24, 2.45) is 0 Å². The normalized spacial score (nSPS) is 21.2. The molecule has 18 heavy (non-hydrogen) atoms. The Balaban J connectivity index is 2.65. The lowest BCUT2D eigenvalue weighted by Gasteiger charge is -2.23. The molecule has 7 nitrogen and oxygen atoms in total. The Morgan fingerprint density at radius 3 is 2.72 bits per heavy atom. The summed E-state index contributed by atoms with van der Waals surface area (Å²) in [5.74, 6) is 0. The van der Waals surface area contributed by atoms with E-state index in [-0.39, 0.29) is 12.1 Å². The number of hydrogen-bond donors (Lipinski definition) is 2. The summed E-state index contributed by atoms with van der Waals surface area (Å²) in [6.45, 7) is 4.31. The lowest BCUT2D eigenvalue weighted by molar-refractivity contribution is 0.121. The van der Waals surface area contributed by atoms with E-state index in [1.165, 1.54) is 4.31 Å². The van der Waals surface area contributed by atoms with Gasteiger partial charge in [0.2, 0.25) is 0 Å². The highest BCUT2D eigenvalue weighted by molar-refractivity contribution is 7.87. The first-order valence-corrected chi connectivity index (χ1v) is 7.45. The van der Waals surface area contributed by atoms with Crippen molar-refractivity contribution >= 4 is 16.3 Å². The summed E-state index contributed by atoms with van der Waals surface area (Å²) in [6.07, 6.45) is 0.306. The molecule has 0 aromatic heterocycles. The molecule has 1 unspecified atom stereocenters. The largest absolute Gasteiger partial charge is 0.446 e. The average molecular weight is 279 g/mol. The highest BCUT2D eigenvalue weighted by Crippen LogP contribution is 2.19. The van der Waals surface area contributed by atoms with Crippen LogP contribution in [0.5, 0.6) is 0 Å². The number of amides is 1. The van der Waals surface area contributed by atoms with Crippen molar-refractivity contribution in [3.05, 3.63) is 0 Å². The Bertz CT molecular complexity index is 383. The maximum atomic E-state index is 12.0. The van der Waals surface area contributed by atoms with Crippen LogP contribution >= 0.6 is 0 Å². The zero-order valence-electron chi connectivity index (χ0n) is 11.0. The van der Waals surface area contributed by atoms with Crippen LogP contribution in [0, 0.1) is 0 Å². The number of likely N-dealkylation sites (N-methyl/N-ethyl adjacent to an activating group) is 1. The van der Waals surface area contributed by atoms with Crippen molar-refractivity contribution in [2.45, 2.75) is 38.8 Å². The highest BCUT2D eigenvalue weighted by Gasteiger charge is 2.35. The van der Waals surface area contributed by atoms with Crippen LogP contribution < -0.4 is 10.0 Å². The van der Waals surface area contributed by atoms with Gasteiger partial charge in [0.15, 0.2) is 0 Å². The summed E-state index contributed by atoms with van der Waals surface area (Å²) in [5.41, 5.74) is 0. The summed E-state index contributed by atoms with van der Waals surface area (Å²) in [7, 11) is -2.04. The van der Waals surface area contributed by atoms with E-state index in [1.807, 2.05) is 4.72 Å². The number of hydrogen-bond acceptors (Lipinski definition) is 5. The number of ether oxygens (including phenoxy) is 1. The van der Waals surface area contributed by atoms with Crippen LogP contribution in [0.3, 0.4) is 0 Å². The molecular weight excluding hydrogens is 258 g/mol. The Hall–Kier alpha value is -0.860. The quantitative estimate of drug-likeness (QED) is 0.742. The molecule has 1 saturated heterocycles. The van der Waals surface area contributed by atoms with Gasteiger partial charge in [-0.05, 0) is 33.7 Å². The first-order chi connectivity index (χ1) is 8.36. The summed E-state index contributed by atoms with van der Waals surface area (Å²) in [5, 5.41) is 2.95. The topological polar surface area (TPSA) is 87.7 Å². The minimum atomic E-state index is -3.81. The molecule has 2 N–H and O–H groups in total. The van der Waals surface area contributed by atoms with Gasteiger partial charge in [-0.3, -0.25) is 0 Å². The van der Waals surface area contributed by atoms with Crippen LogP contribution in [0.1, 0.15) is 26.7 Å². The van der Waals surface area contributed by atoms with Crippen LogP contribution in [-0.2, 0) is 14.9 Å². The van der Waals surface area contributed by atoms with E-state index in [1.54, 1.807) is 20.9 Å². The van der Waals surface area contributed by atoms with Crippen molar-refractivity contribution in [1.29, 1.82) is 0 Å². The van der Waals surface area contributed by atoms with E-state index in [2.05, 4.69) is 5.32 Å². The Morgan fingerprint density at radius 2 is 2.17 bits per heavy atom. The fraction of sp³-hybridized carbons (Fsp3) is 0.900. The molecule has 106 valence electrons. The predicted molar refractivity (Wildman–Crippen MR) is 67.3 cm³/mol. The minimum Gasteiger partial charge on any atom is -0.446 e. The van der Waals surface area contributed by atoms with E-state index in [0.717, 1.165) is 12.8 Å². The number of rotatable bonds is 5. The van der Waals surface area contributed by atoms with Crippen molar-refractivity contribution in [3.63, 3.8) is 0 Å². The molecule has 1 amide bonds. The predicted octanol–water partition coefficient (Wildman–Crippen LogP) is 0.0496. The van der Waals surface area contributed by atoms with Crippen LogP contribution in [0.2, 0.25) is 0 Å². The Kier molecular flexibility index (Phi) is 5.36. The van der Waals surface area contributed by atoms with E-state index >= 15 is 0 Å². The van der Waals surface area contributed by atoms with E-state index in [4.69, 9.17) is 4.74 Å². The van der Waals surface area contributed by atoms with Crippen LogP contribution in [-0.4, -0.2) is 51.1 Å². The van der Waals surface area contributed by atoms with Gasteiger partial charge in [0, 0.05) is 19.1 Å². The van der Waals surface area contributed by atoms with Gasteiger partial charge >= 0.3 is 16.3 Å². The molecule has 1 aliphatic heterocycles. The molecule has 0 saturated carbocycles. The second-order valence-electron chi connectivity index (χ2n) is 4.53. The lowest BCUT2D eigenvalue weighted by Crippen LogP contribution is -2.48. The van der Waals surface area contributed by atoms with Crippen molar-refractivity contribution < 1.29 is 17.9 Å². The average Bonchev–Trinajstić information content (AvgIpc) is 2.64. The van der Waals surface area contributed by atoms with E-state index < -0.39 is 16.3 Å². The maximum absolute atomic E-state index is 12.0. The number of carbonyl (C=O) groups is 1. The van der Waals surface area contributed by atoms with Crippen molar-refractivity contribution in [1.82, 2.24) is 14.3 Å². The van der Waals surface area contributed by atoms with Crippen LogP contribution in [0.25, 0.3) is 0 Å². The highest BCUT2D eigenvalue weighted by atomic mass is 32.2. The molecule has 0 radical (unpaired) electrons. The smallest absolute Gasteiger partial charge is 0.422 e. The summed E-state index contributed by atoms with van der Waals surface area (Å²) < 4.78 is 32.0. The third kappa shape index (κ3) is 4.11. The van der Waals surface area contributed by atoms with Gasteiger partial charge in [-0.1, -0.05) is 0 Å². The first kappa shape index (κ1) is 15.2. The third-order valence-corrected chi connectivity index (χ3v) is 4.15. The third-order valence-electron chi connectivity index (χ3n) is 2.63. The van der Waals surface area contributed by atoms with Gasteiger partial charge in [-0.25, -0.2) is 9.52 Å². The standard InChI is InChI=1S/C10H21N3O4S/c1-8(2)17-10(14)12-18(15,16)13-6-4-5-9(13)7-11-3/h8-9,11H,4-7H2,1-3H3,(H,12,14). The molecule has 1 atom stereocenters. The summed E-state index contributed by atoms with van der Waals surface area (Å²) >= 11 is 0. The van der Waals surface area contributed by atoms with E-state index in [0.29, 0.717) is 13.1 Å². The van der Waals surface area contributed by atoms with Gasteiger partial charge in [0.1, 0.15) is 0 Å². The monoisotopic (exact) mass is 279 g/mol. The molecular formula is C10H21N3O4S. The van der Waals surface area contributed by atoms with Crippen LogP contribution in [0.4, 0.5) is 4.79 Å². The maximum Gasteiger partial charge on any atom is 0.422 e. The molecule has 1 aliphatic rings. The van der Waals surface area contributed by atoms with Gasteiger partial charge < -0.3 is 10.1 Å². The van der Waals surface area contributed by atoms with Gasteiger partial charge in [-0.2, -0.15) is 12.7 Å². The van der Waals surface area contributed by atoms with Crippen molar-refractivity contribution in [2.75, 3.05) is 20.1 Å². The molecule has 1 heterocycles. The molecule has 1 rings (SSSR count). The van der Waals surface area contributed by atoms with Crippen molar-refractivity contribution in [3.8, 4) is 0 Å². The zero-order valence-corrected chi connectivity index (χ0v) is 11.8. The molecule has 0 aliphatic carbocycles.